The normalized spacial score (nSPS) is 11.5. The number of rotatable bonds is 5. The fraction of sp³-hybridized carbons (Fsp3) is 0. The molecule has 0 N–H and O–H groups in total. The summed E-state index contributed by atoms with van der Waals surface area (Å²) >= 11 is 1.89. The summed E-state index contributed by atoms with van der Waals surface area (Å²) in [5.74, 6) is 0. The maximum absolute atomic E-state index is 2.45. The van der Waals surface area contributed by atoms with Crippen LogP contribution in [0.4, 0.5) is 17.1 Å². The third-order valence-corrected chi connectivity index (χ3v) is 10.3. The zero-order chi connectivity index (χ0) is 30.5. The van der Waals surface area contributed by atoms with Gasteiger partial charge < -0.3 is 4.90 Å². The lowest BCUT2D eigenvalue weighted by Crippen LogP contribution is -2.11. The Bertz CT molecular complexity index is 2520. The number of fused-ring (bicyclic) bond motifs is 6. The van der Waals surface area contributed by atoms with Gasteiger partial charge in [0.2, 0.25) is 0 Å². The highest BCUT2D eigenvalue weighted by atomic mass is 32.1. The lowest BCUT2D eigenvalue weighted by atomic mass is 9.95. The first kappa shape index (κ1) is 26.7. The first-order chi connectivity index (χ1) is 22.8. The Hall–Kier alpha value is -5.70. The molecule has 0 bridgehead atoms. The molecule has 1 aromatic heterocycles. The average Bonchev–Trinajstić information content (AvgIpc) is 3.51. The summed E-state index contributed by atoms with van der Waals surface area (Å²) in [6.45, 7) is 0. The van der Waals surface area contributed by atoms with Crippen molar-refractivity contribution < 1.29 is 0 Å². The molecule has 0 unspecified atom stereocenters. The molecule has 0 saturated heterocycles. The number of thiophene rings is 1. The van der Waals surface area contributed by atoms with Crippen molar-refractivity contribution in [1.82, 2.24) is 0 Å². The fourth-order valence-electron chi connectivity index (χ4n) is 6.92. The summed E-state index contributed by atoms with van der Waals surface area (Å²) < 4.78 is 2.63. The van der Waals surface area contributed by atoms with Gasteiger partial charge in [0.05, 0.1) is 11.4 Å². The zero-order valence-corrected chi connectivity index (χ0v) is 25.9. The second kappa shape index (κ2) is 11.0. The van der Waals surface area contributed by atoms with Crippen LogP contribution in [0.1, 0.15) is 0 Å². The van der Waals surface area contributed by atoms with E-state index >= 15 is 0 Å². The summed E-state index contributed by atoms with van der Waals surface area (Å²) in [5, 5.41) is 7.63. The molecular weight excluding hydrogens is 575 g/mol. The SMILES string of the molecule is c1ccc(-c2ccccc2N(c2ccc3sc4c5ccccc5c(-c5ccccc5)cc4c3c2)c2cccc3ccccc23)cc1. The molecule has 0 aliphatic carbocycles. The third-order valence-electron chi connectivity index (χ3n) is 9.04. The molecule has 2 heteroatoms. The second-order valence-corrected chi connectivity index (χ2v) is 12.8. The average molecular weight is 604 g/mol. The van der Waals surface area contributed by atoms with E-state index in [2.05, 4.69) is 181 Å². The molecular formula is C44H29NS. The zero-order valence-electron chi connectivity index (χ0n) is 25.1. The van der Waals surface area contributed by atoms with E-state index in [0.717, 1.165) is 17.1 Å². The van der Waals surface area contributed by atoms with Gasteiger partial charge in [-0.15, -0.1) is 11.3 Å². The Morgan fingerprint density at radius 3 is 1.78 bits per heavy atom. The van der Waals surface area contributed by atoms with E-state index < -0.39 is 0 Å². The minimum absolute atomic E-state index is 1.14. The van der Waals surface area contributed by atoms with Crippen LogP contribution in [0.5, 0.6) is 0 Å². The Balaban J connectivity index is 1.34. The number of hydrogen-bond donors (Lipinski definition) is 0. The van der Waals surface area contributed by atoms with E-state index in [1.54, 1.807) is 0 Å². The predicted octanol–water partition coefficient (Wildman–Crippen LogP) is 13.2. The number of benzene rings is 8. The number of hydrogen-bond acceptors (Lipinski definition) is 2. The summed E-state index contributed by atoms with van der Waals surface area (Å²) in [5.41, 5.74) is 8.36. The van der Waals surface area contributed by atoms with Crippen molar-refractivity contribution in [2.75, 3.05) is 4.90 Å². The highest BCUT2D eigenvalue weighted by molar-refractivity contribution is 7.26. The maximum Gasteiger partial charge on any atom is 0.0540 e. The van der Waals surface area contributed by atoms with Crippen LogP contribution in [0.25, 0.3) is 64.0 Å². The summed E-state index contributed by atoms with van der Waals surface area (Å²) in [6.07, 6.45) is 0. The van der Waals surface area contributed by atoms with E-state index in [9.17, 15) is 0 Å². The van der Waals surface area contributed by atoms with Gasteiger partial charge in [0.1, 0.15) is 0 Å². The van der Waals surface area contributed by atoms with Crippen LogP contribution in [0.15, 0.2) is 176 Å². The Kier molecular flexibility index (Phi) is 6.40. The van der Waals surface area contributed by atoms with Crippen LogP contribution in [-0.4, -0.2) is 0 Å². The number of anilines is 3. The molecule has 0 amide bonds. The fourth-order valence-corrected chi connectivity index (χ4v) is 8.13. The molecule has 0 atom stereocenters. The summed E-state index contributed by atoms with van der Waals surface area (Å²) in [7, 11) is 0. The van der Waals surface area contributed by atoms with Crippen molar-refractivity contribution in [2.45, 2.75) is 0 Å². The molecule has 216 valence electrons. The minimum Gasteiger partial charge on any atom is -0.309 e. The van der Waals surface area contributed by atoms with Gasteiger partial charge in [-0.3, -0.25) is 0 Å². The molecule has 0 saturated carbocycles. The molecule has 0 fully saturated rings. The van der Waals surface area contributed by atoms with Crippen molar-refractivity contribution in [3.8, 4) is 22.3 Å². The molecule has 1 nitrogen and oxygen atoms in total. The molecule has 46 heavy (non-hydrogen) atoms. The van der Waals surface area contributed by atoms with E-state index in [-0.39, 0.29) is 0 Å². The van der Waals surface area contributed by atoms with Crippen LogP contribution in [0.2, 0.25) is 0 Å². The van der Waals surface area contributed by atoms with Crippen LogP contribution < -0.4 is 4.90 Å². The molecule has 0 aliphatic heterocycles. The first-order valence-electron chi connectivity index (χ1n) is 15.7. The van der Waals surface area contributed by atoms with Gasteiger partial charge >= 0.3 is 0 Å². The van der Waals surface area contributed by atoms with E-state index in [4.69, 9.17) is 0 Å². The van der Waals surface area contributed by atoms with Crippen molar-refractivity contribution in [2.24, 2.45) is 0 Å². The smallest absolute Gasteiger partial charge is 0.0540 e. The first-order valence-corrected chi connectivity index (χ1v) is 16.5. The van der Waals surface area contributed by atoms with Gasteiger partial charge in [-0.05, 0) is 63.9 Å². The van der Waals surface area contributed by atoms with Crippen LogP contribution in [-0.2, 0) is 0 Å². The quantitative estimate of drug-likeness (QED) is 0.189. The standard InChI is InChI=1S/C44H29NS/c1-3-14-30(15-4-1)34-21-11-12-24-41(34)45(42-25-13-19-31-18-7-8-20-35(31)42)33-26-27-43-39(28-33)40-29-38(32-16-5-2-6-17-32)36-22-9-10-23-37(36)44(40)46-43/h1-29H. The summed E-state index contributed by atoms with van der Waals surface area (Å²) in [6, 6.07) is 63.9. The largest absolute Gasteiger partial charge is 0.309 e. The monoisotopic (exact) mass is 603 g/mol. The van der Waals surface area contributed by atoms with Crippen molar-refractivity contribution in [1.29, 1.82) is 0 Å². The Morgan fingerprint density at radius 2 is 0.978 bits per heavy atom. The molecule has 9 rings (SSSR count). The lowest BCUT2D eigenvalue weighted by Gasteiger charge is -2.29. The van der Waals surface area contributed by atoms with Crippen LogP contribution in [0.3, 0.4) is 0 Å². The summed E-state index contributed by atoms with van der Waals surface area (Å²) in [4.78, 5) is 2.45. The Labute approximate surface area is 272 Å². The maximum atomic E-state index is 2.45. The molecule has 9 aromatic rings. The second-order valence-electron chi connectivity index (χ2n) is 11.7. The van der Waals surface area contributed by atoms with Gasteiger partial charge in [0.25, 0.3) is 0 Å². The Morgan fingerprint density at radius 1 is 0.370 bits per heavy atom. The van der Waals surface area contributed by atoms with Crippen molar-refractivity contribution in [3.63, 3.8) is 0 Å². The number of para-hydroxylation sites is 1. The number of nitrogens with zero attached hydrogens (tertiary/aromatic N) is 1. The molecule has 0 spiro atoms. The minimum atomic E-state index is 1.14. The van der Waals surface area contributed by atoms with Gasteiger partial charge in [-0.2, -0.15) is 0 Å². The van der Waals surface area contributed by atoms with Gasteiger partial charge in [-0.1, -0.05) is 140 Å². The lowest BCUT2D eigenvalue weighted by molar-refractivity contribution is 1.30. The van der Waals surface area contributed by atoms with E-state index in [1.165, 1.54) is 64.0 Å². The van der Waals surface area contributed by atoms with Crippen molar-refractivity contribution in [3.05, 3.63) is 176 Å². The van der Waals surface area contributed by atoms with Gasteiger partial charge in [-0.25, -0.2) is 0 Å². The van der Waals surface area contributed by atoms with E-state index in [1.807, 2.05) is 11.3 Å². The topological polar surface area (TPSA) is 3.24 Å². The highest BCUT2D eigenvalue weighted by Gasteiger charge is 2.21. The van der Waals surface area contributed by atoms with E-state index in [0.29, 0.717) is 0 Å². The predicted molar refractivity (Wildman–Crippen MR) is 200 cm³/mol. The third kappa shape index (κ3) is 4.38. The van der Waals surface area contributed by atoms with Crippen LogP contribution in [0, 0.1) is 0 Å². The van der Waals surface area contributed by atoms with Crippen molar-refractivity contribution >= 4 is 70.1 Å². The van der Waals surface area contributed by atoms with Gasteiger partial charge in [0.15, 0.2) is 0 Å². The van der Waals surface area contributed by atoms with Crippen LogP contribution >= 0.6 is 11.3 Å². The molecule has 8 aromatic carbocycles. The van der Waals surface area contributed by atoms with Gasteiger partial charge in [0, 0.05) is 42.2 Å². The highest BCUT2D eigenvalue weighted by Crippen LogP contribution is 2.47. The molecule has 1 heterocycles. The molecule has 0 aliphatic rings. The molecule has 0 radical (unpaired) electrons.